The summed E-state index contributed by atoms with van der Waals surface area (Å²) in [5, 5.41) is 22.1. The molecular weight excluding hydrogens is 296 g/mol. The van der Waals surface area contributed by atoms with Crippen molar-refractivity contribution in [1.82, 2.24) is 4.90 Å². The molecule has 6 nitrogen and oxygen atoms in total. The van der Waals surface area contributed by atoms with Crippen LogP contribution in [0, 0.1) is 6.92 Å². The van der Waals surface area contributed by atoms with E-state index in [9.17, 15) is 9.90 Å². The molecule has 1 fully saturated rings. The third-order valence-corrected chi connectivity index (χ3v) is 4.59. The molecule has 1 aliphatic heterocycles. The molecule has 0 radical (unpaired) electrons. The molecule has 1 saturated heterocycles. The number of aliphatic hydroxyl groups is 1. The van der Waals surface area contributed by atoms with E-state index in [4.69, 9.17) is 9.52 Å². The van der Waals surface area contributed by atoms with Crippen molar-refractivity contribution in [3.8, 4) is 5.75 Å². The van der Waals surface area contributed by atoms with Crippen molar-refractivity contribution in [2.75, 3.05) is 39.3 Å². The Labute approximate surface area is 134 Å². The Morgan fingerprint density at radius 3 is 2.78 bits per heavy atom. The summed E-state index contributed by atoms with van der Waals surface area (Å²) in [5.74, 6) is -0.0727. The van der Waals surface area contributed by atoms with Crippen molar-refractivity contribution in [3.63, 3.8) is 0 Å². The van der Waals surface area contributed by atoms with Crippen LogP contribution < -0.4 is 15.6 Å². The monoisotopic (exact) mass is 318 g/mol. The van der Waals surface area contributed by atoms with E-state index >= 15 is 0 Å². The highest BCUT2D eigenvalue weighted by atomic mass is 16.4. The summed E-state index contributed by atoms with van der Waals surface area (Å²) in [6, 6.07) is 4.75. The Balaban J connectivity index is 1.86. The van der Waals surface area contributed by atoms with Gasteiger partial charge in [-0.15, -0.1) is 0 Å². The van der Waals surface area contributed by atoms with Gasteiger partial charge in [0.15, 0.2) is 0 Å². The Bertz CT molecular complexity index is 748. The summed E-state index contributed by atoms with van der Waals surface area (Å²) in [6.45, 7) is 6.91. The van der Waals surface area contributed by atoms with Crippen LogP contribution in [0.25, 0.3) is 11.0 Å². The van der Waals surface area contributed by atoms with Crippen LogP contribution in [-0.4, -0.2) is 49.3 Å². The van der Waals surface area contributed by atoms with E-state index in [1.807, 2.05) is 6.92 Å². The number of nitrogens with zero attached hydrogens (tertiary/aromatic N) is 1. The maximum absolute atomic E-state index is 12.3. The first-order valence-corrected chi connectivity index (χ1v) is 7.98. The maximum Gasteiger partial charge on any atom is 0.336 e. The predicted molar refractivity (Wildman–Crippen MR) is 84.6 cm³/mol. The Morgan fingerprint density at radius 1 is 1.35 bits per heavy atom. The number of quaternary nitrogens is 1. The van der Waals surface area contributed by atoms with Crippen molar-refractivity contribution in [1.29, 1.82) is 0 Å². The highest BCUT2D eigenvalue weighted by molar-refractivity contribution is 5.84. The standard InChI is InChI=1S/C17H22N2O4/c1-12-10-16(22)23-17-13(12)2-3-15(21)14(17)11-19-6-4-18(5-7-19)8-9-20/h2-3,10,20-21H,4-9,11H2,1H3. The number of aryl methyl sites for hydroxylation is 1. The summed E-state index contributed by atoms with van der Waals surface area (Å²) in [4.78, 5) is 15.2. The molecule has 0 unspecified atom stereocenters. The minimum atomic E-state index is -0.412. The van der Waals surface area contributed by atoms with Crippen molar-refractivity contribution in [3.05, 3.63) is 39.7 Å². The van der Waals surface area contributed by atoms with Crippen molar-refractivity contribution in [2.24, 2.45) is 0 Å². The number of fused-ring (bicyclic) bond motifs is 1. The molecule has 0 atom stereocenters. The average Bonchev–Trinajstić information content (AvgIpc) is 2.52. The van der Waals surface area contributed by atoms with Crippen LogP contribution in [0.5, 0.6) is 5.75 Å². The molecule has 1 aromatic heterocycles. The molecule has 2 N–H and O–H groups in total. The molecule has 0 spiro atoms. The van der Waals surface area contributed by atoms with Crippen LogP contribution in [0.2, 0.25) is 0 Å². The predicted octanol–water partition coefficient (Wildman–Crippen LogP) is -1.13. The maximum atomic E-state index is 12.3. The summed E-state index contributed by atoms with van der Waals surface area (Å²) < 4.78 is 5.34. The van der Waals surface area contributed by atoms with Gasteiger partial charge in [0, 0.05) is 36.7 Å². The number of aliphatic hydroxyl groups excluding tert-OH is 1. The molecule has 124 valence electrons. The summed E-state index contributed by atoms with van der Waals surface area (Å²) >= 11 is 0. The van der Waals surface area contributed by atoms with Crippen LogP contribution in [0.15, 0.2) is 27.4 Å². The van der Waals surface area contributed by atoms with E-state index in [-0.39, 0.29) is 12.4 Å². The second-order valence-electron chi connectivity index (χ2n) is 6.16. The third kappa shape index (κ3) is 3.39. The van der Waals surface area contributed by atoms with E-state index in [0.29, 0.717) is 24.2 Å². The molecule has 1 aliphatic rings. The second kappa shape index (κ2) is 6.70. The number of nitrogens with one attached hydrogen (secondary N) is 1. The van der Waals surface area contributed by atoms with Crippen LogP contribution in [0.4, 0.5) is 0 Å². The van der Waals surface area contributed by atoms with Crippen molar-refractivity contribution in [2.45, 2.75) is 13.5 Å². The van der Waals surface area contributed by atoms with Gasteiger partial charge in [-0.1, -0.05) is 17.9 Å². The van der Waals surface area contributed by atoms with Gasteiger partial charge in [-0.25, -0.2) is 4.79 Å². The topological polar surface area (TPSA) is 81.2 Å². The highest BCUT2D eigenvalue weighted by Gasteiger charge is 2.21. The smallest absolute Gasteiger partial charge is 0.336 e. The van der Waals surface area contributed by atoms with Gasteiger partial charge in [-0.3, -0.25) is 4.90 Å². The van der Waals surface area contributed by atoms with E-state index in [1.54, 1.807) is 12.1 Å². The minimum absolute atomic E-state index is 0.0727. The van der Waals surface area contributed by atoms with Gasteiger partial charge in [0.05, 0.1) is 19.7 Å². The molecule has 0 aliphatic carbocycles. The average molecular weight is 318 g/mol. The second-order valence-corrected chi connectivity index (χ2v) is 6.16. The van der Waals surface area contributed by atoms with Gasteiger partial charge in [0.1, 0.15) is 12.1 Å². The number of piperazine rings is 1. The van der Waals surface area contributed by atoms with Crippen molar-refractivity contribution < 1.29 is 19.5 Å². The summed E-state index contributed by atoms with van der Waals surface area (Å²) in [5.41, 5.74) is 1.45. The van der Waals surface area contributed by atoms with E-state index in [0.717, 1.165) is 37.1 Å². The zero-order valence-corrected chi connectivity index (χ0v) is 13.3. The third-order valence-electron chi connectivity index (χ3n) is 4.59. The zero-order chi connectivity index (χ0) is 16.4. The molecule has 6 heteroatoms. The molecule has 23 heavy (non-hydrogen) atoms. The SMILES string of the molecule is Cc1cc(=O)oc2c(C[NH+]3CCN(CCO)CC3)c([O-])ccc12. The molecule has 0 saturated carbocycles. The lowest BCUT2D eigenvalue weighted by Gasteiger charge is -2.32. The molecule has 3 rings (SSSR count). The quantitative estimate of drug-likeness (QED) is 0.697. The van der Waals surface area contributed by atoms with E-state index < -0.39 is 5.63 Å². The van der Waals surface area contributed by atoms with Crippen LogP contribution in [0.3, 0.4) is 0 Å². The fourth-order valence-corrected chi connectivity index (χ4v) is 3.25. The fraction of sp³-hybridized carbons (Fsp3) is 0.471. The first-order valence-electron chi connectivity index (χ1n) is 7.98. The molecule has 0 bridgehead atoms. The number of benzene rings is 1. The van der Waals surface area contributed by atoms with Gasteiger partial charge in [-0.05, 0) is 12.5 Å². The summed E-state index contributed by atoms with van der Waals surface area (Å²) in [7, 11) is 0. The lowest BCUT2D eigenvalue weighted by atomic mass is 10.1. The first kappa shape index (κ1) is 16.0. The largest absolute Gasteiger partial charge is 0.872 e. The Hall–Kier alpha value is -1.89. The Kier molecular flexibility index (Phi) is 4.66. The fourth-order valence-electron chi connectivity index (χ4n) is 3.25. The van der Waals surface area contributed by atoms with Gasteiger partial charge in [0.25, 0.3) is 0 Å². The zero-order valence-electron chi connectivity index (χ0n) is 13.3. The first-order chi connectivity index (χ1) is 11.1. The molecule has 2 heterocycles. The molecule has 0 amide bonds. The van der Waals surface area contributed by atoms with Crippen LogP contribution >= 0.6 is 0 Å². The molecular formula is C17H22N2O4. The number of rotatable bonds is 4. The van der Waals surface area contributed by atoms with E-state index in [1.165, 1.54) is 11.0 Å². The van der Waals surface area contributed by atoms with Gasteiger partial charge in [0.2, 0.25) is 0 Å². The van der Waals surface area contributed by atoms with Gasteiger partial charge >= 0.3 is 5.63 Å². The van der Waals surface area contributed by atoms with E-state index in [2.05, 4.69) is 4.90 Å². The summed E-state index contributed by atoms with van der Waals surface area (Å²) in [6.07, 6.45) is 0. The van der Waals surface area contributed by atoms with Crippen LogP contribution in [-0.2, 0) is 6.54 Å². The Morgan fingerprint density at radius 2 is 2.09 bits per heavy atom. The van der Waals surface area contributed by atoms with Gasteiger partial charge < -0.3 is 19.5 Å². The number of β-amino-alcohol motifs (C(OH)–C–C–N with tert-alkyl or cyclic N) is 1. The molecule has 1 aromatic carbocycles. The van der Waals surface area contributed by atoms with Crippen LogP contribution in [0.1, 0.15) is 11.1 Å². The molecule has 2 aromatic rings. The minimum Gasteiger partial charge on any atom is -0.872 e. The lowest BCUT2D eigenvalue weighted by Crippen LogP contribution is -3.13. The normalized spacial score (nSPS) is 17.0. The van der Waals surface area contributed by atoms with Crippen molar-refractivity contribution >= 4 is 11.0 Å². The number of hydrogen-bond donors (Lipinski definition) is 2. The number of hydrogen-bond acceptors (Lipinski definition) is 5. The lowest BCUT2D eigenvalue weighted by molar-refractivity contribution is -0.918. The highest BCUT2D eigenvalue weighted by Crippen LogP contribution is 2.25. The van der Waals surface area contributed by atoms with Gasteiger partial charge in [-0.2, -0.15) is 0 Å².